The fourth-order valence-corrected chi connectivity index (χ4v) is 2.02. The second kappa shape index (κ2) is 6.73. The normalized spacial score (nSPS) is 11.0. The molecule has 2 aromatic carbocycles. The zero-order valence-corrected chi connectivity index (χ0v) is 14.3. The molecule has 0 radical (unpaired) electrons. The van der Waals surface area contributed by atoms with Gasteiger partial charge in [-0.1, -0.05) is 12.1 Å². The number of ether oxygens (including phenoxy) is 2. The van der Waals surface area contributed by atoms with E-state index in [9.17, 15) is 4.79 Å². The van der Waals surface area contributed by atoms with Gasteiger partial charge in [0.15, 0.2) is 5.75 Å². The van der Waals surface area contributed by atoms with Crippen molar-refractivity contribution in [1.82, 2.24) is 0 Å². The molecule has 122 valence electrons. The lowest BCUT2D eigenvalue weighted by atomic mass is 9.97. The Balaban J connectivity index is 2.30. The molecule has 0 saturated carbocycles. The Hall–Kier alpha value is -2.49. The fraction of sp³-hybridized carbons (Fsp3) is 0.316. The van der Waals surface area contributed by atoms with Gasteiger partial charge in [-0.05, 0) is 57.2 Å². The summed E-state index contributed by atoms with van der Waals surface area (Å²) in [5, 5.41) is 0. The molecule has 0 unspecified atom stereocenters. The largest absolute Gasteiger partial charge is 0.497 e. The number of esters is 1. The van der Waals surface area contributed by atoms with E-state index in [4.69, 9.17) is 9.47 Å². The fourth-order valence-electron chi connectivity index (χ4n) is 2.02. The summed E-state index contributed by atoms with van der Waals surface area (Å²) in [6.07, 6.45) is 0. The van der Waals surface area contributed by atoms with Crippen molar-refractivity contribution < 1.29 is 14.3 Å². The van der Waals surface area contributed by atoms with Crippen LogP contribution in [-0.4, -0.2) is 20.1 Å². The first-order valence-electron chi connectivity index (χ1n) is 7.52. The number of rotatable bonds is 4. The third-order valence-electron chi connectivity index (χ3n) is 3.50. The third kappa shape index (κ3) is 4.03. The molecule has 0 fully saturated rings. The van der Waals surface area contributed by atoms with Crippen molar-refractivity contribution in [3.05, 3.63) is 48.5 Å². The van der Waals surface area contributed by atoms with Gasteiger partial charge < -0.3 is 14.4 Å². The zero-order chi connectivity index (χ0) is 17.0. The van der Waals surface area contributed by atoms with E-state index in [1.165, 1.54) is 0 Å². The van der Waals surface area contributed by atoms with E-state index in [-0.39, 0.29) is 5.97 Å². The van der Waals surface area contributed by atoms with Crippen LogP contribution in [-0.2, 0) is 4.79 Å². The van der Waals surface area contributed by atoms with Gasteiger partial charge in [0.2, 0.25) is 0 Å². The monoisotopic (exact) mass is 313 g/mol. The highest BCUT2D eigenvalue weighted by molar-refractivity contribution is 5.80. The quantitative estimate of drug-likeness (QED) is 0.619. The van der Waals surface area contributed by atoms with Crippen LogP contribution in [0.3, 0.4) is 0 Å². The first-order valence-corrected chi connectivity index (χ1v) is 7.52. The van der Waals surface area contributed by atoms with Gasteiger partial charge in [0.05, 0.1) is 18.2 Å². The Bertz CT molecular complexity index is 672. The van der Waals surface area contributed by atoms with Crippen LogP contribution in [0.25, 0.3) is 0 Å². The molecule has 0 aliphatic heterocycles. The minimum absolute atomic E-state index is 0.256. The van der Waals surface area contributed by atoms with Gasteiger partial charge in [-0.25, -0.2) is 0 Å². The van der Waals surface area contributed by atoms with Crippen molar-refractivity contribution in [2.45, 2.75) is 20.8 Å². The first-order chi connectivity index (χ1) is 10.8. The van der Waals surface area contributed by atoms with E-state index in [0.717, 1.165) is 17.1 Å². The number of carbonyl (C=O) groups excluding carboxylic acids is 1. The van der Waals surface area contributed by atoms with Crippen LogP contribution in [0, 0.1) is 5.41 Å². The van der Waals surface area contributed by atoms with E-state index in [0.29, 0.717) is 5.75 Å². The Morgan fingerprint density at radius 2 is 1.61 bits per heavy atom. The molecular weight excluding hydrogens is 290 g/mol. The van der Waals surface area contributed by atoms with Crippen molar-refractivity contribution >= 4 is 17.3 Å². The Labute approximate surface area is 137 Å². The van der Waals surface area contributed by atoms with Crippen molar-refractivity contribution in [2.24, 2.45) is 5.41 Å². The molecule has 0 amide bonds. The second-order valence-electron chi connectivity index (χ2n) is 6.36. The van der Waals surface area contributed by atoms with Gasteiger partial charge in [0.1, 0.15) is 5.75 Å². The molecule has 0 aromatic heterocycles. The smallest absolute Gasteiger partial charge is 0.316 e. The van der Waals surface area contributed by atoms with E-state index in [1.54, 1.807) is 13.2 Å². The van der Waals surface area contributed by atoms with Crippen LogP contribution < -0.4 is 14.4 Å². The van der Waals surface area contributed by atoms with Crippen molar-refractivity contribution in [2.75, 3.05) is 19.1 Å². The molecule has 4 heteroatoms. The zero-order valence-electron chi connectivity index (χ0n) is 14.3. The summed E-state index contributed by atoms with van der Waals surface area (Å²) in [6.45, 7) is 5.52. The number of methoxy groups -OCH3 is 1. The Morgan fingerprint density at radius 3 is 2.17 bits per heavy atom. The summed E-state index contributed by atoms with van der Waals surface area (Å²) in [4.78, 5) is 14.1. The maximum atomic E-state index is 12.2. The van der Waals surface area contributed by atoms with Gasteiger partial charge in [-0.2, -0.15) is 0 Å². The van der Waals surface area contributed by atoms with Gasteiger partial charge >= 0.3 is 5.97 Å². The summed E-state index contributed by atoms with van der Waals surface area (Å²) in [5.41, 5.74) is 1.26. The molecule has 0 spiro atoms. The molecule has 23 heavy (non-hydrogen) atoms. The second-order valence-corrected chi connectivity index (χ2v) is 6.36. The van der Waals surface area contributed by atoms with Gasteiger partial charge in [0.25, 0.3) is 0 Å². The summed E-state index contributed by atoms with van der Waals surface area (Å²) in [6, 6.07) is 15.2. The maximum Gasteiger partial charge on any atom is 0.316 e. The number of hydrogen-bond donors (Lipinski definition) is 0. The number of anilines is 2. The Kier molecular flexibility index (Phi) is 4.94. The molecule has 2 aromatic rings. The number of para-hydroxylation sites is 2. The summed E-state index contributed by atoms with van der Waals surface area (Å²) >= 11 is 0. The predicted octanol–water partition coefficient (Wildman–Crippen LogP) is 4.41. The van der Waals surface area contributed by atoms with E-state index < -0.39 is 5.41 Å². The molecule has 4 nitrogen and oxygen atoms in total. The minimum atomic E-state index is -0.550. The van der Waals surface area contributed by atoms with Crippen molar-refractivity contribution in [3.63, 3.8) is 0 Å². The van der Waals surface area contributed by atoms with Gasteiger partial charge in [-0.3, -0.25) is 4.79 Å². The number of nitrogens with zero attached hydrogens (tertiary/aromatic N) is 1. The van der Waals surface area contributed by atoms with Gasteiger partial charge in [0, 0.05) is 12.7 Å². The average Bonchev–Trinajstić information content (AvgIpc) is 2.54. The van der Waals surface area contributed by atoms with E-state index >= 15 is 0 Å². The number of carbonyl (C=O) groups is 1. The lowest BCUT2D eigenvalue weighted by molar-refractivity contribution is -0.142. The molecule has 0 atom stereocenters. The Morgan fingerprint density at radius 1 is 1.00 bits per heavy atom. The molecule has 0 saturated heterocycles. The van der Waals surface area contributed by atoms with Crippen LogP contribution in [0.15, 0.2) is 48.5 Å². The van der Waals surface area contributed by atoms with Crippen LogP contribution >= 0.6 is 0 Å². The SMILES string of the molecule is COc1ccc(N(C)c2ccccc2OC(=O)C(C)(C)C)cc1. The molecule has 0 aliphatic rings. The maximum absolute atomic E-state index is 12.2. The summed E-state index contributed by atoms with van der Waals surface area (Å²) < 4.78 is 10.8. The first kappa shape index (κ1) is 16.9. The summed E-state index contributed by atoms with van der Waals surface area (Å²) in [5.74, 6) is 1.09. The van der Waals surface area contributed by atoms with Crippen molar-refractivity contribution in [1.29, 1.82) is 0 Å². The molecule has 0 bridgehead atoms. The highest BCUT2D eigenvalue weighted by Crippen LogP contribution is 2.34. The van der Waals surface area contributed by atoms with Crippen LogP contribution in [0.4, 0.5) is 11.4 Å². The predicted molar refractivity (Wildman–Crippen MR) is 92.6 cm³/mol. The van der Waals surface area contributed by atoms with E-state index in [2.05, 4.69) is 0 Å². The van der Waals surface area contributed by atoms with Crippen molar-refractivity contribution in [3.8, 4) is 11.5 Å². The number of benzene rings is 2. The molecule has 0 N–H and O–H groups in total. The van der Waals surface area contributed by atoms with E-state index in [1.807, 2.05) is 75.2 Å². The van der Waals surface area contributed by atoms with Gasteiger partial charge in [-0.15, -0.1) is 0 Å². The highest BCUT2D eigenvalue weighted by Gasteiger charge is 2.25. The highest BCUT2D eigenvalue weighted by atomic mass is 16.5. The van der Waals surface area contributed by atoms with Crippen LogP contribution in [0.1, 0.15) is 20.8 Å². The molecule has 0 aliphatic carbocycles. The van der Waals surface area contributed by atoms with Crippen LogP contribution in [0.2, 0.25) is 0 Å². The average molecular weight is 313 g/mol. The van der Waals surface area contributed by atoms with Crippen LogP contribution in [0.5, 0.6) is 11.5 Å². The number of hydrogen-bond acceptors (Lipinski definition) is 4. The molecular formula is C19H23NO3. The third-order valence-corrected chi connectivity index (χ3v) is 3.50. The molecule has 2 rings (SSSR count). The standard InChI is InChI=1S/C19H23NO3/c1-19(2,3)18(21)23-17-9-7-6-8-16(17)20(4)14-10-12-15(22-5)13-11-14/h6-13H,1-5H3. The topological polar surface area (TPSA) is 38.8 Å². The lowest BCUT2D eigenvalue weighted by Crippen LogP contribution is -2.26. The summed E-state index contributed by atoms with van der Waals surface area (Å²) in [7, 11) is 3.57. The lowest BCUT2D eigenvalue weighted by Gasteiger charge is -2.24. The molecule has 0 heterocycles. The minimum Gasteiger partial charge on any atom is -0.497 e.